The first-order chi connectivity index (χ1) is 19.1. The van der Waals surface area contributed by atoms with Gasteiger partial charge in [-0.15, -0.1) is 0 Å². The molecule has 0 aliphatic carbocycles. The van der Waals surface area contributed by atoms with Crippen molar-refractivity contribution in [2.75, 3.05) is 31.2 Å². The summed E-state index contributed by atoms with van der Waals surface area (Å²) < 4.78 is 39.1. The van der Waals surface area contributed by atoms with Gasteiger partial charge < -0.3 is 14.4 Å². The van der Waals surface area contributed by atoms with Gasteiger partial charge in [0.05, 0.1) is 47.0 Å². The van der Waals surface area contributed by atoms with Gasteiger partial charge in [-0.2, -0.15) is 14.8 Å². The molecule has 10 heteroatoms. The molecular formula is C32H54N4O5P+. The van der Waals surface area contributed by atoms with Crippen LogP contribution in [0, 0.1) is 0 Å². The van der Waals surface area contributed by atoms with E-state index in [9.17, 15) is 4.57 Å². The zero-order valence-corrected chi connectivity index (χ0v) is 28.8. The van der Waals surface area contributed by atoms with Gasteiger partial charge in [-0.25, -0.2) is 0 Å². The van der Waals surface area contributed by atoms with Gasteiger partial charge in [-0.1, -0.05) is 0 Å². The van der Waals surface area contributed by atoms with Crippen molar-refractivity contribution in [3.8, 4) is 0 Å². The summed E-state index contributed by atoms with van der Waals surface area (Å²) >= 11 is 0. The van der Waals surface area contributed by atoms with Crippen molar-refractivity contribution in [3.05, 3.63) is 48.8 Å². The minimum absolute atomic E-state index is 0.0957. The Hall–Kier alpha value is -2.16. The van der Waals surface area contributed by atoms with E-state index in [0.29, 0.717) is 18.9 Å². The van der Waals surface area contributed by atoms with Gasteiger partial charge in [0.15, 0.2) is 12.4 Å². The molecule has 2 rings (SSSR count). The summed E-state index contributed by atoms with van der Waals surface area (Å²) in [6.07, 6.45) is 3.71. The van der Waals surface area contributed by atoms with Crippen LogP contribution >= 0.6 is 7.60 Å². The maximum absolute atomic E-state index is 13.6. The van der Waals surface area contributed by atoms with Crippen LogP contribution in [0.4, 0.5) is 17.1 Å². The summed E-state index contributed by atoms with van der Waals surface area (Å²) in [5.41, 5.74) is 0.908. The number of benzene rings is 1. The summed E-state index contributed by atoms with van der Waals surface area (Å²) in [6.45, 7) is 26.3. The molecule has 236 valence electrons. The zero-order chi connectivity index (χ0) is 31.8. The van der Waals surface area contributed by atoms with E-state index in [0.717, 1.165) is 24.5 Å². The smallest absolute Gasteiger partial charge is 0.374 e. The molecule has 42 heavy (non-hydrogen) atoms. The second-order valence-electron chi connectivity index (χ2n) is 14.4. The summed E-state index contributed by atoms with van der Waals surface area (Å²) in [5.74, 6) is 0. The van der Waals surface area contributed by atoms with Crippen molar-refractivity contribution in [1.82, 2.24) is 0 Å². The third-order valence-corrected chi connectivity index (χ3v) is 7.65. The number of azo groups is 1. The van der Waals surface area contributed by atoms with Crippen molar-refractivity contribution in [2.45, 2.75) is 112 Å². The Labute approximate surface area is 254 Å². The van der Waals surface area contributed by atoms with E-state index in [2.05, 4.69) is 56.7 Å². The van der Waals surface area contributed by atoms with E-state index in [4.69, 9.17) is 18.5 Å². The van der Waals surface area contributed by atoms with Gasteiger partial charge >= 0.3 is 7.60 Å². The van der Waals surface area contributed by atoms with Crippen LogP contribution in [-0.4, -0.2) is 48.7 Å². The quantitative estimate of drug-likeness (QED) is 0.129. The number of ether oxygens (including phenoxy) is 2. The summed E-state index contributed by atoms with van der Waals surface area (Å²) in [4.78, 5) is 2.26. The number of nitrogens with zero attached hydrogens (tertiary/aromatic N) is 4. The maximum atomic E-state index is 13.6. The molecule has 0 unspecified atom stereocenters. The van der Waals surface area contributed by atoms with Gasteiger partial charge in [0, 0.05) is 30.9 Å². The Balaban J connectivity index is 2.09. The highest BCUT2D eigenvalue weighted by Crippen LogP contribution is 2.54. The molecule has 0 atom stereocenters. The van der Waals surface area contributed by atoms with Crippen LogP contribution in [0.3, 0.4) is 0 Å². The van der Waals surface area contributed by atoms with Crippen LogP contribution in [0.2, 0.25) is 0 Å². The van der Waals surface area contributed by atoms with E-state index < -0.39 is 18.8 Å². The lowest BCUT2D eigenvalue weighted by Crippen LogP contribution is -2.36. The first kappa shape index (κ1) is 36.0. The Morgan fingerprint density at radius 1 is 0.643 bits per heavy atom. The zero-order valence-electron chi connectivity index (χ0n) is 27.9. The molecule has 1 aromatic carbocycles. The van der Waals surface area contributed by atoms with E-state index >= 15 is 0 Å². The topological polar surface area (TPSA) is 85.8 Å². The molecule has 0 bridgehead atoms. The van der Waals surface area contributed by atoms with Gasteiger partial charge in [0.1, 0.15) is 0 Å². The molecule has 0 fully saturated rings. The first-order valence-corrected chi connectivity index (χ1v) is 16.4. The Morgan fingerprint density at radius 3 is 1.43 bits per heavy atom. The molecule has 0 saturated heterocycles. The van der Waals surface area contributed by atoms with Gasteiger partial charge in [0.2, 0.25) is 6.29 Å². The number of hydrogen-bond donors (Lipinski definition) is 0. The van der Waals surface area contributed by atoms with E-state index in [1.807, 2.05) is 77.9 Å². The predicted molar refractivity (Wildman–Crippen MR) is 170 cm³/mol. The van der Waals surface area contributed by atoms with Crippen molar-refractivity contribution < 1.29 is 27.7 Å². The van der Waals surface area contributed by atoms with Crippen LogP contribution in [0.15, 0.2) is 59.0 Å². The Morgan fingerprint density at radius 2 is 1.05 bits per heavy atom. The van der Waals surface area contributed by atoms with Gasteiger partial charge in [-0.05, 0) is 107 Å². The summed E-state index contributed by atoms with van der Waals surface area (Å²) in [7, 11) is -3.42. The number of rotatable bonds is 13. The lowest BCUT2D eigenvalue weighted by molar-refractivity contribution is -0.680. The highest BCUT2D eigenvalue weighted by Gasteiger charge is 2.39. The average molecular weight is 606 g/mol. The van der Waals surface area contributed by atoms with Crippen LogP contribution in [0.1, 0.15) is 83.1 Å². The minimum atomic E-state index is -3.42. The van der Waals surface area contributed by atoms with Crippen molar-refractivity contribution in [2.24, 2.45) is 10.2 Å². The Bertz CT molecular complexity index is 1130. The van der Waals surface area contributed by atoms with Gasteiger partial charge in [-0.3, -0.25) is 13.6 Å². The highest BCUT2D eigenvalue weighted by atomic mass is 31.2. The average Bonchev–Trinajstić information content (AvgIpc) is 2.79. The van der Waals surface area contributed by atoms with E-state index in [-0.39, 0.29) is 17.5 Å². The lowest BCUT2D eigenvalue weighted by atomic mass is 10.2. The molecule has 0 radical (unpaired) electrons. The summed E-state index contributed by atoms with van der Waals surface area (Å²) in [5, 5.41) is 8.80. The maximum Gasteiger partial charge on any atom is 0.396 e. The van der Waals surface area contributed by atoms with E-state index in [1.54, 1.807) is 17.0 Å². The SMILES string of the molecule is CC(C)(C)OCCN(CCOC(C)(C)C)c1ccc(N=Nc2cc[n+](CP(=O)(OC(C)(C)C)OC(C)(C)C)cc2)cc1. The van der Waals surface area contributed by atoms with E-state index in [1.165, 1.54) is 0 Å². The molecule has 0 spiro atoms. The third-order valence-electron chi connectivity index (χ3n) is 5.32. The van der Waals surface area contributed by atoms with Crippen molar-refractivity contribution in [3.63, 3.8) is 0 Å². The van der Waals surface area contributed by atoms with Crippen molar-refractivity contribution in [1.29, 1.82) is 0 Å². The number of hydrogen-bond acceptors (Lipinski definition) is 8. The molecule has 0 aliphatic heterocycles. The van der Waals surface area contributed by atoms with Gasteiger partial charge in [0.25, 0.3) is 0 Å². The monoisotopic (exact) mass is 605 g/mol. The molecule has 1 heterocycles. The summed E-state index contributed by atoms with van der Waals surface area (Å²) in [6, 6.07) is 11.6. The molecule has 0 saturated carbocycles. The molecule has 0 aliphatic rings. The number of aromatic nitrogens is 1. The molecule has 1 aromatic heterocycles. The van der Waals surface area contributed by atoms with Crippen LogP contribution in [0.25, 0.3) is 0 Å². The second kappa shape index (κ2) is 14.5. The standard InChI is InChI=1S/C32H54N4O5P/c1-29(2,3)38-23-21-36(22-24-39-30(4,5)6)28-15-13-26(14-16-28)33-34-27-17-19-35(20-18-27)25-42(37,40-31(7,8)9)41-32(10,11)12/h13-20H,21-25H2,1-12H3/q+1. The lowest BCUT2D eigenvalue weighted by Gasteiger charge is -2.30. The molecule has 0 N–H and O–H groups in total. The predicted octanol–water partition coefficient (Wildman–Crippen LogP) is 8.61. The van der Waals surface area contributed by atoms with Crippen LogP contribution in [0.5, 0.6) is 0 Å². The molecule has 2 aromatic rings. The fourth-order valence-corrected chi connectivity index (χ4v) is 6.27. The van der Waals surface area contributed by atoms with Crippen molar-refractivity contribution >= 4 is 24.7 Å². The fraction of sp³-hybridized carbons (Fsp3) is 0.656. The van der Waals surface area contributed by atoms with Crippen LogP contribution in [-0.2, 0) is 29.4 Å². The third kappa shape index (κ3) is 15.4. The van der Waals surface area contributed by atoms with Crippen LogP contribution < -0.4 is 9.47 Å². The number of anilines is 1. The largest absolute Gasteiger partial charge is 0.396 e. The highest BCUT2D eigenvalue weighted by molar-refractivity contribution is 7.52. The minimum Gasteiger partial charge on any atom is -0.374 e. The molecular weight excluding hydrogens is 551 g/mol. The second-order valence-corrected chi connectivity index (χ2v) is 16.2. The Kier molecular flexibility index (Phi) is 12.5. The number of pyridine rings is 1. The normalized spacial score (nSPS) is 13.6. The first-order valence-electron chi connectivity index (χ1n) is 14.7. The molecule has 0 amide bonds. The fourth-order valence-electron chi connectivity index (χ4n) is 3.86. The molecule has 9 nitrogen and oxygen atoms in total.